The molecule has 25 heavy (non-hydrogen) atoms. The molecule has 3 N–H and O–H groups in total. The molecule has 0 radical (unpaired) electrons. The number of urea groups is 1. The van der Waals surface area contributed by atoms with Gasteiger partial charge in [0, 0.05) is 15.9 Å². The van der Waals surface area contributed by atoms with E-state index in [0.29, 0.717) is 17.0 Å². The second kappa shape index (κ2) is 7.11. The summed E-state index contributed by atoms with van der Waals surface area (Å²) in [7, 11) is 0. The molecule has 3 amide bonds. The molecule has 0 fully saturated rings. The van der Waals surface area contributed by atoms with Gasteiger partial charge in [-0.25, -0.2) is 4.79 Å². The second-order valence-electron chi connectivity index (χ2n) is 5.91. The maximum Gasteiger partial charge on any atom is 0.319 e. The predicted octanol–water partition coefficient (Wildman–Crippen LogP) is 4.02. The number of allylic oxidation sites excluding steroid dienone is 1. The molecule has 1 aliphatic heterocycles. The molecule has 0 spiro atoms. The first-order valence-electron chi connectivity index (χ1n) is 7.86. The van der Waals surface area contributed by atoms with Crippen molar-refractivity contribution in [2.75, 3.05) is 5.32 Å². The molecule has 1 atom stereocenters. The van der Waals surface area contributed by atoms with Crippen LogP contribution in [0.4, 0.5) is 10.5 Å². The molecule has 0 saturated carbocycles. The van der Waals surface area contributed by atoms with Gasteiger partial charge in [0.25, 0.3) is 5.91 Å². The van der Waals surface area contributed by atoms with Gasteiger partial charge < -0.3 is 16.0 Å². The Balaban J connectivity index is 1.96. The molecule has 2 aromatic carbocycles. The highest BCUT2D eigenvalue weighted by Crippen LogP contribution is 2.32. The smallest absolute Gasteiger partial charge is 0.319 e. The van der Waals surface area contributed by atoms with E-state index in [1.54, 1.807) is 6.92 Å². The van der Waals surface area contributed by atoms with Gasteiger partial charge in [-0.15, -0.1) is 0 Å². The van der Waals surface area contributed by atoms with E-state index in [1.165, 1.54) is 0 Å². The van der Waals surface area contributed by atoms with E-state index in [4.69, 9.17) is 0 Å². The Morgan fingerprint density at radius 3 is 2.44 bits per heavy atom. The number of nitrogens with one attached hydrogen (secondary N) is 3. The van der Waals surface area contributed by atoms with Gasteiger partial charge >= 0.3 is 6.03 Å². The third kappa shape index (κ3) is 3.74. The summed E-state index contributed by atoms with van der Waals surface area (Å²) >= 11 is 3.50. The number of halogens is 1. The predicted molar refractivity (Wildman–Crippen MR) is 101 cm³/mol. The first-order chi connectivity index (χ1) is 12.0. The summed E-state index contributed by atoms with van der Waals surface area (Å²) in [5, 5.41) is 8.41. The van der Waals surface area contributed by atoms with Crippen molar-refractivity contribution in [1.82, 2.24) is 10.6 Å². The number of hydrogen-bond donors (Lipinski definition) is 3. The zero-order valence-electron chi connectivity index (χ0n) is 13.9. The van der Waals surface area contributed by atoms with Crippen molar-refractivity contribution in [2.24, 2.45) is 0 Å². The average molecular weight is 400 g/mol. The minimum Gasteiger partial charge on any atom is -0.327 e. The second-order valence-corrected chi connectivity index (χ2v) is 6.77. The van der Waals surface area contributed by atoms with Crippen LogP contribution >= 0.6 is 15.9 Å². The number of carbonyl (C=O) groups excluding carboxylic acids is 2. The van der Waals surface area contributed by atoms with E-state index in [9.17, 15) is 9.59 Å². The molecule has 128 valence electrons. The lowest BCUT2D eigenvalue weighted by molar-refractivity contribution is -0.113. The van der Waals surface area contributed by atoms with Crippen LogP contribution in [0.1, 0.15) is 24.1 Å². The molecule has 2 aromatic rings. The summed E-state index contributed by atoms with van der Waals surface area (Å²) in [5.41, 5.74) is 3.66. The van der Waals surface area contributed by atoms with Crippen LogP contribution in [0.15, 0.2) is 64.3 Å². The Labute approximate surface area is 154 Å². The molecule has 5 nitrogen and oxygen atoms in total. The SMILES string of the molecule is CC1=C(C(=O)Nc2ccc(C)cc2)[C@H](c2ccccc2Br)NC(=O)N1. The van der Waals surface area contributed by atoms with Crippen molar-refractivity contribution in [3.63, 3.8) is 0 Å². The van der Waals surface area contributed by atoms with Gasteiger partial charge in [-0.2, -0.15) is 0 Å². The largest absolute Gasteiger partial charge is 0.327 e. The minimum atomic E-state index is -0.533. The lowest BCUT2D eigenvalue weighted by atomic mass is 9.95. The fourth-order valence-electron chi connectivity index (χ4n) is 2.77. The molecule has 6 heteroatoms. The summed E-state index contributed by atoms with van der Waals surface area (Å²) in [4.78, 5) is 24.8. The number of amides is 3. The quantitative estimate of drug-likeness (QED) is 0.728. The Kier molecular flexibility index (Phi) is 4.90. The summed E-state index contributed by atoms with van der Waals surface area (Å²) in [6.07, 6.45) is 0. The molecule has 1 aliphatic rings. The molecule has 1 heterocycles. The first-order valence-corrected chi connectivity index (χ1v) is 8.65. The maximum absolute atomic E-state index is 12.9. The number of hydrogen-bond acceptors (Lipinski definition) is 2. The van der Waals surface area contributed by atoms with Crippen molar-refractivity contribution in [3.8, 4) is 0 Å². The van der Waals surface area contributed by atoms with Gasteiger partial charge in [0.2, 0.25) is 0 Å². The topological polar surface area (TPSA) is 70.2 Å². The standard InChI is InChI=1S/C19H18BrN3O2/c1-11-7-9-13(10-8-11)22-18(24)16-12(2)21-19(25)23-17(16)14-5-3-4-6-15(14)20/h3-10,17H,1-2H3,(H,22,24)(H2,21,23,25)/t17-/m0/s1. The van der Waals surface area contributed by atoms with Gasteiger partial charge in [0.05, 0.1) is 11.6 Å². The molecule has 0 unspecified atom stereocenters. The molecule has 0 saturated heterocycles. The first kappa shape index (κ1) is 17.2. The highest BCUT2D eigenvalue weighted by atomic mass is 79.9. The summed E-state index contributed by atoms with van der Waals surface area (Å²) in [5.74, 6) is -0.255. The number of aryl methyl sites for hydroxylation is 1. The zero-order valence-corrected chi connectivity index (χ0v) is 15.5. The van der Waals surface area contributed by atoms with E-state index in [-0.39, 0.29) is 11.9 Å². The van der Waals surface area contributed by atoms with E-state index in [0.717, 1.165) is 15.6 Å². The fraction of sp³-hybridized carbons (Fsp3) is 0.158. The van der Waals surface area contributed by atoms with Crippen LogP contribution in [0, 0.1) is 6.92 Å². The molecular weight excluding hydrogens is 382 g/mol. The van der Waals surface area contributed by atoms with Crippen molar-refractivity contribution in [2.45, 2.75) is 19.9 Å². The lowest BCUT2D eigenvalue weighted by Crippen LogP contribution is -2.46. The van der Waals surface area contributed by atoms with Crippen LogP contribution in [-0.2, 0) is 4.79 Å². The molecular formula is C19H18BrN3O2. The van der Waals surface area contributed by atoms with Gasteiger partial charge in [-0.3, -0.25) is 4.79 Å². The van der Waals surface area contributed by atoms with E-state index < -0.39 is 6.04 Å². The molecule has 0 aliphatic carbocycles. The van der Waals surface area contributed by atoms with Crippen molar-refractivity contribution in [1.29, 1.82) is 0 Å². The van der Waals surface area contributed by atoms with Crippen molar-refractivity contribution in [3.05, 3.63) is 75.4 Å². The van der Waals surface area contributed by atoms with Gasteiger partial charge in [-0.1, -0.05) is 51.8 Å². The Morgan fingerprint density at radius 2 is 1.76 bits per heavy atom. The van der Waals surface area contributed by atoms with Crippen LogP contribution in [0.3, 0.4) is 0 Å². The minimum absolute atomic E-state index is 0.255. The van der Waals surface area contributed by atoms with Crippen molar-refractivity contribution < 1.29 is 9.59 Å². The number of rotatable bonds is 3. The normalized spacial score (nSPS) is 16.9. The average Bonchev–Trinajstić information content (AvgIpc) is 2.56. The lowest BCUT2D eigenvalue weighted by Gasteiger charge is -2.29. The zero-order chi connectivity index (χ0) is 18.0. The Bertz CT molecular complexity index is 859. The van der Waals surface area contributed by atoms with E-state index in [1.807, 2.05) is 55.5 Å². The highest BCUT2D eigenvalue weighted by molar-refractivity contribution is 9.10. The molecule has 0 aromatic heterocycles. The van der Waals surface area contributed by atoms with Gasteiger partial charge in [-0.05, 0) is 37.6 Å². The van der Waals surface area contributed by atoms with Crippen LogP contribution in [0.2, 0.25) is 0 Å². The van der Waals surface area contributed by atoms with Crippen LogP contribution in [0.25, 0.3) is 0 Å². The summed E-state index contributed by atoms with van der Waals surface area (Å²) in [6, 6.07) is 14.2. The molecule has 3 rings (SSSR count). The third-order valence-corrected chi connectivity index (χ3v) is 4.76. The number of carbonyl (C=O) groups is 2. The Morgan fingerprint density at radius 1 is 1.08 bits per heavy atom. The maximum atomic E-state index is 12.9. The Hall–Kier alpha value is -2.60. The van der Waals surface area contributed by atoms with Gasteiger partial charge in [0.1, 0.15) is 0 Å². The highest BCUT2D eigenvalue weighted by Gasteiger charge is 2.32. The van der Waals surface area contributed by atoms with Gasteiger partial charge in [0.15, 0.2) is 0 Å². The summed E-state index contributed by atoms with van der Waals surface area (Å²) in [6.45, 7) is 3.72. The fourth-order valence-corrected chi connectivity index (χ4v) is 3.29. The number of benzene rings is 2. The van der Waals surface area contributed by atoms with Crippen molar-refractivity contribution >= 4 is 33.6 Å². The monoisotopic (exact) mass is 399 g/mol. The molecule has 0 bridgehead atoms. The third-order valence-electron chi connectivity index (χ3n) is 4.04. The van der Waals surface area contributed by atoms with Crippen LogP contribution < -0.4 is 16.0 Å². The summed E-state index contributed by atoms with van der Waals surface area (Å²) < 4.78 is 0.829. The van der Waals surface area contributed by atoms with E-state index in [2.05, 4.69) is 31.9 Å². The van der Waals surface area contributed by atoms with E-state index >= 15 is 0 Å². The van der Waals surface area contributed by atoms with Crippen LogP contribution in [-0.4, -0.2) is 11.9 Å². The number of anilines is 1. The van der Waals surface area contributed by atoms with Crippen LogP contribution in [0.5, 0.6) is 0 Å².